The molecule has 0 bridgehead atoms. The van der Waals surface area contributed by atoms with Crippen molar-refractivity contribution in [3.63, 3.8) is 0 Å². The molecule has 4 rings (SSSR count). The molecular formula is C20H15FO4S. The van der Waals surface area contributed by atoms with E-state index in [1.165, 1.54) is 23.9 Å². The first-order chi connectivity index (χ1) is 13.1. The molecule has 4 nitrogen and oxygen atoms in total. The third kappa shape index (κ3) is 2.93. The highest BCUT2D eigenvalue weighted by Gasteiger charge is 2.35. The smallest absolute Gasteiger partial charge is 0.293 e. The van der Waals surface area contributed by atoms with Gasteiger partial charge in [-0.05, 0) is 47.5 Å². The third-order valence-electron chi connectivity index (χ3n) is 4.22. The predicted molar refractivity (Wildman–Crippen MR) is 96.2 cm³/mol. The predicted octanol–water partition coefficient (Wildman–Crippen LogP) is 4.91. The number of rotatable bonds is 3. The Morgan fingerprint density at radius 1 is 0.962 bits per heavy atom. The number of halogens is 1. The summed E-state index contributed by atoms with van der Waals surface area (Å²) in [6.45, 7) is 0. The van der Waals surface area contributed by atoms with Crippen molar-refractivity contribution in [2.45, 2.75) is 16.2 Å². The van der Waals surface area contributed by atoms with E-state index in [2.05, 4.69) is 5.11 Å². The topological polar surface area (TPSA) is 69.9 Å². The number of hydrogen-bond acceptors (Lipinski definition) is 5. The van der Waals surface area contributed by atoms with Crippen molar-refractivity contribution in [1.29, 1.82) is 1.43 Å². The lowest BCUT2D eigenvalue weighted by Crippen LogP contribution is -2.19. The van der Waals surface area contributed by atoms with Gasteiger partial charge in [-0.15, -0.1) is 11.8 Å². The molecule has 0 amide bonds. The highest BCUT2D eigenvalue weighted by Crippen LogP contribution is 2.55. The molecule has 0 unspecified atom stereocenters. The molecule has 0 radical (unpaired) electrons. The van der Waals surface area contributed by atoms with Crippen molar-refractivity contribution < 1.29 is 24.4 Å². The standard InChI is InChI=1S/C20H15FO4S/c21-17-15(24)8-9-16-20(17)26-19(12-2-1-3-14(23)10-12)18(25-16)11-4-6-13(22)7-5-11/h1-10,18-19,22-24H/t18-,19+/m1/s1/i/hT. The number of phenols is 3. The molecule has 132 valence electrons. The molecule has 6 heteroatoms. The largest absolute Gasteiger partial charge is 0.508 e. The number of fused-ring (bicyclic) bond motifs is 1. The first kappa shape index (κ1) is 15.4. The zero-order valence-corrected chi connectivity index (χ0v) is 14.2. The van der Waals surface area contributed by atoms with Crippen LogP contribution in [-0.2, 0) is 0 Å². The molecule has 3 aromatic rings. The monoisotopic (exact) mass is 372 g/mol. The number of aromatic hydroxyl groups is 3. The lowest BCUT2D eigenvalue weighted by atomic mass is 10.00. The first-order valence-corrected chi connectivity index (χ1v) is 8.81. The Hall–Kier alpha value is -2.86. The summed E-state index contributed by atoms with van der Waals surface area (Å²) in [4.78, 5) is 0.228. The zero-order chi connectivity index (χ0) is 19.0. The van der Waals surface area contributed by atoms with Gasteiger partial charge in [-0.3, -0.25) is 0 Å². The fourth-order valence-electron chi connectivity index (χ4n) is 2.96. The van der Waals surface area contributed by atoms with E-state index < -0.39 is 17.7 Å². The molecule has 0 saturated carbocycles. The molecule has 0 aromatic heterocycles. The van der Waals surface area contributed by atoms with Gasteiger partial charge in [0, 0.05) is 0 Å². The molecule has 1 aliphatic heterocycles. The SMILES string of the molecule is [3H]Oc1ccc([C@H]2Oc3ccc(O)c(F)c3S[C@H]2c2cccc(O)c2)cc1. The number of phenolic OH excluding ortho intramolecular Hbond substituents is 3. The van der Waals surface area contributed by atoms with Crippen LogP contribution >= 0.6 is 11.8 Å². The number of thioether (sulfide) groups is 1. The maximum absolute atomic E-state index is 14.4. The highest BCUT2D eigenvalue weighted by molar-refractivity contribution is 7.99. The Labute approximate surface area is 155 Å². The summed E-state index contributed by atoms with van der Waals surface area (Å²) in [6.07, 6.45) is -0.465. The van der Waals surface area contributed by atoms with Crippen LogP contribution in [0.1, 0.15) is 22.5 Å². The summed E-state index contributed by atoms with van der Waals surface area (Å²) >= 11 is 1.23. The van der Waals surface area contributed by atoms with Gasteiger partial charge < -0.3 is 20.1 Å². The summed E-state index contributed by atoms with van der Waals surface area (Å²) in [5.41, 5.74) is 1.58. The van der Waals surface area contributed by atoms with E-state index >= 15 is 0 Å². The zero-order valence-electron chi connectivity index (χ0n) is 14.4. The van der Waals surface area contributed by atoms with Crippen LogP contribution in [0.5, 0.6) is 23.0 Å². The number of benzene rings is 3. The molecular weight excluding hydrogens is 355 g/mol. The second-order valence-corrected chi connectivity index (χ2v) is 7.12. The van der Waals surface area contributed by atoms with Crippen LogP contribution in [-0.4, -0.2) is 16.8 Å². The van der Waals surface area contributed by atoms with Gasteiger partial charge in [0.05, 0.1) is 10.1 Å². The van der Waals surface area contributed by atoms with Gasteiger partial charge in [0.1, 0.15) is 23.4 Å². The molecule has 1 aliphatic rings. The highest BCUT2D eigenvalue weighted by atomic mass is 32.2. The fraction of sp³-hybridized carbons (Fsp3) is 0.100. The quantitative estimate of drug-likeness (QED) is 0.609. The van der Waals surface area contributed by atoms with E-state index in [-0.39, 0.29) is 15.9 Å². The molecule has 0 spiro atoms. The Morgan fingerprint density at radius 2 is 1.77 bits per heavy atom. The number of ether oxygens (including phenoxy) is 1. The maximum atomic E-state index is 14.4. The Balaban J connectivity index is 1.81. The minimum Gasteiger partial charge on any atom is -0.508 e. The molecule has 2 atom stereocenters. The second kappa shape index (κ2) is 6.46. The Kier molecular flexibility index (Phi) is 3.83. The molecule has 0 saturated heterocycles. The summed E-state index contributed by atoms with van der Waals surface area (Å²) in [5.74, 6) is -0.314. The van der Waals surface area contributed by atoms with Crippen LogP contribution in [0.2, 0.25) is 0 Å². The maximum Gasteiger partial charge on any atom is 0.293 e. The van der Waals surface area contributed by atoms with Crippen molar-refractivity contribution in [1.82, 2.24) is 0 Å². The molecule has 3 aromatic carbocycles. The molecule has 3 N–H and O–H groups in total. The molecule has 26 heavy (non-hydrogen) atoms. The summed E-state index contributed by atoms with van der Waals surface area (Å²) in [7, 11) is 0. The fourth-order valence-corrected chi connectivity index (χ4v) is 4.28. The van der Waals surface area contributed by atoms with Gasteiger partial charge in [-0.2, -0.15) is 0 Å². The van der Waals surface area contributed by atoms with Gasteiger partial charge in [-0.1, -0.05) is 24.3 Å². The van der Waals surface area contributed by atoms with E-state index in [0.717, 1.165) is 11.1 Å². The first-order valence-electron chi connectivity index (χ1n) is 8.34. The van der Waals surface area contributed by atoms with Crippen LogP contribution < -0.4 is 4.74 Å². The average Bonchev–Trinajstić information content (AvgIpc) is 2.70. The van der Waals surface area contributed by atoms with E-state index in [9.17, 15) is 14.6 Å². The van der Waals surface area contributed by atoms with Gasteiger partial charge in [0.2, 0.25) is 0 Å². The van der Waals surface area contributed by atoms with Gasteiger partial charge in [0.25, 0.3) is 1.43 Å². The minimum absolute atomic E-state index is 0.104. The van der Waals surface area contributed by atoms with E-state index in [0.29, 0.717) is 11.5 Å². The van der Waals surface area contributed by atoms with Crippen molar-refractivity contribution in [3.05, 3.63) is 77.6 Å². The van der Waals surface area contributed by atoms with Gasteiger partial charge in [-0.25, -0.2) is 4.39 Å². The van der Waals surface area contributed by atoms with Crippen molar-refractivity contribution in [2.24, 2.45) is 0 Å². The Bertz CT molecular complexity index is 980. The van der Waals surface area contributed by atoms with E-state index in [1.807, 2.05) is 6.07 Å². The van der Waals surface area contributed by atoms with E-state index in [1.54, 1.807) is 42.5 Å². The Morgan fingerprint density at radius 3 is 2.50 bits per heavy atom. The van der Waals surface area contributed by atoms with Crippen LogP contribution in [0.3, 0.4) is 0 Å². The van der Waals surface area contributed by atoms with Crippen LogP contribution in [0, 0.1) is 5.82 Å². The van der Waals surface area contributed by atoms with Crippen molar-refractivity contribution >= 4 is 11.8 Å². The van der Waals surface area contributed by atoms with Gasteiger partial charge in [0.15, 0.2) is 11.6 Å². The van der Waals surface area contributed by atoms with Crippen molar-refractivity contribution in [2.75, 3.05) is 0 Å². The summed E-state index contributed by atoms with van der Waals surface area (Å²) in [5, 5.41) is 23.7. The third-order valence-corrected chi connectivity index (χ3v) is 5.61. The van der Waals surface area contributed by atoms with Crippen LogP contribution in [0.25, 0.3) is 0 Å². The minimum atomic E-state index is -0.723. The molecule has 1 heterocycles. The molecule has 0 fully saturated rings. The normalized spacial score (nSPS) is 19.2. The second-order valence-electron chi connectivity index (χ2n) is 5.97. The number of hydrogen-bond donors (Lipinski definition) is 3. The van der Waals surface area contributed by atoms with Crippen LogP contribution in [0.15, 0.2) is 65.6 Å². The summed E-state index contributed by atoms with van der Waals surface area (Å²) < 4.78 is 27.5. The lowest BCUT2D eigenvalue weighted by molar-refractivity contribution is 0.188. The summed E-state index contributed by atoms with van der Waals surface area (Å²) in [6, 6.07) is 16.4. The van der Waals surface area contributed by atoms with Crippen LogP contribution in [0.4, 0.5) is 4.39 Å². The lowest BCUT2D eigenvalue weighted by Gasteiger charge is -2.34. The molecule has 0 aliphatic carbocycles. The van der Waals surface area contributed by atoms with Crippen molar-refractivity contribution in [3.8, 4) is 23.0 Å². The average molecular weight is 372 g/mol. The van der Waals surface area contributed by atoms with E-state index in [4.69, 9.17) is 6.17 Å². The van der Waals surface area contributed by atoms with Gasteiger partial charge >= 0.3 is 0 Å².